The molecule has 2 aromatic heterocycles. The van der Waals surface area contributed by atoms with Gasteiger partial charge in [-0.2, -0.15) is 5.10 Å². The van der Waals surface area contributed by atoms with Crippen LogP contribution in [0.4, 0.5) is 0 Å². The van der Waals surface area contributed by atoms with Crippen LogP contribution in [0.5, 0.6) is 5.88 Å². The minimum Gasteiger partial charge on any atom is -0.494 e. The number of aromatic amines is 1. The van der Waals surface area contributed by atoms with Crippen LogP contribution in [-0.2, 0) is 7.05 Å². The van der Waals surface area contributed by atoms with Gasteiger partial charge in [0.25, 0.3) is 5.56 Å². The molecule has 1 unspecified atom stereocenters. The Morgan fingerprint density at radius 2 is 2.25 bits per heavy atom. The van der Waals surface area contributed by atoms with E-state index >= 15 is 0 Å². The Morgan fingerprint density at radius 3 is 3.00 bits per heavy atom. The number of rotatable bonds is 3. The number of aromatic hydroxyl groups is 1. The topological polar surface area (TPSA) is 104 Å². The molecule has 24 heavy (non-hydrogen) atoms. The molecule has 8 heteroatoms. The Hall–Kier alpha value is -2.90. The van der Waals surface area contributed by atoms with Gasteiger partial charge in [0.05, 0.1) is 12.3 Å². The highest BCUT2D eigenvalue weighted by atomic mass is 16.3. The van der Waals surface area contributed by atoms with Gasteiger partial charge in [-0.15, -0.1) is 0 Å². The van der Waals surface area contributed by atoms with Crippen molar-refractivity contribution in [1.29, 1.82) is 0 Å². The predicted molar refractivity (Wildman–Crippen MR) is 89.1 cm³/mol. The fraction of sp³-hybridized carbons (Fsp3) is 0.375. The summed E-state index contributed by atoms with van der Waals surface area (Å²) in [5.41, 5.74) is -0.296. The zero-order valence-corrected chi connectivity index (χ0v) is 13.3. The maximum atomic E-state index is 11.9. The number of hydrogen-bond acceptors (Lipinski definition) is 6. The van der Waals surface area contributed by atoms with Crippen molar-refractivity contribution in [3.05, 3.63) is 56.5 Å². The third kappa shape index (κ3) is 3.08. The lowest BCUT2D eigenvalue weighted by Gasteiger charge is -2.33. The van der Waals surface area contributed by atoms with Crippen molar-refractivity contribution < 1.29 is 5.11 Å². The molecule has 0 aliphatic carbocycles. The molecule has 0 saturated carbocycles. The molecule has 126 valence electrons. The Kier molecular flexibility index (Phi) is 4.45. The van der Waals surface area contributed by atoms with E-state index in [1.165, 1.54) is 13.3 Å². The highest BCUT2D eigenvalue weighted by molar-refractivity contribution is 5.81. The van der Waals surface area contributed by atoms with E-state index in [9.17, 15) is 14.7 Å². The summed E-state index contributed by atoms with van der Waals surface area (Å²) in [7, 11) is 1.38. The summed E-state index contributed by atoms with van der Waals surface area (Å²) in [6.07, 6.45) is 7.89. The molecule has 0 radical (unpaired) electrons. The van der Waals surface area contributed by atoms with E-state index in [0.717, 1.165) is 35.9 Å². The Balaban J connectivity index is 1.92. The number of aromatic nitrogens is 3. The van der Waals surface area contributed by atoms with Crippen LogP contribution in [0, 0.1) is 0 Å². The molecule has 1 saturated heterocycles. The number of nitrogens with zero attached hydrogens (tertiary/aromatic N) is 4. The van der Waals surface area contributed by atoms with Crippen LogP contribution in [0.15, 0.2) is 39.2 Å². The van der Waals surface area contributed by atoms with Gasteiger partial charge in [0, 0.05) is 26.0 Å². The van der Waals surface area contributed by atoms with E-state index in [2.05, 4.69) is 15.1 Å². The molecule has 1 fully saturated rings. The lowest BCUT2D eigenvalue weighted by molar-refractivity contribution is 0.156. The molecule has 3 rings (SSSR count). The largest absolute Gasteiger partial charge is 0.494 e. The van der Waals surface area contributed by atoms with Crippen molar-refractivity contribution in [2.24, 2.45) is 12.1 Å². The van der Waals surface area contributed by atoms with Gasteiger partial charge in [0.15, 0.2) is 0 Å². The van der Waals surface area contributed by atoms with Gasteiger partial charge in [0.2, 0.25) is 5.88 Å². The molecule has 2 N–H and O–H groups in total. The SMILES string of the molecule is Cn1c(O)c(C=NN2CCCCC2c2cccnc2)c(=O)[nH]c1=O. The molecule has 1 aliphatic heterocycles. The molecular formula is C16H19N5O3. The van der Waals surface area contributed by atoms with Gasteiger partial charge >= 0.3 is 5.69 Å². The van der Waals surface area contributed by atoms with E-state index in [4.69, 9.17) is 0 Å². The van der Waals surface area contributed by atoms with E-state index in [1.807, 2.05) is 23.3 Å². The zero-order valence-electron chi connectivity index (χ0n) is 13.3. The summed E-state index contributed by atoms with van der Waals surface area (Å²) in [4.78, 5) is 29.6. The van der Waals surface area contributed by atoms with Crippen molar-refractivity contribution >= 4 is 6.21 Å². The first-order valence-electron chi connectivity index (χ1n) is 7.80. The van der Waals surface area contributed by atoms with Crippen LogP contribution in [0.3, 0.4) is 0 Å². The molecule has 0 aromatic carbocycles. The Bertz CT molecular complexity index is 856. The number of pyridine rings is 1. The molecule has 3 heterocycles. The summed E-state index contributed by atoms with van der Waals surface area (Å²) < 4.78 is 0.970. The minimum atomic E-state index is -0.666. The van der Waals surface area contributed by atoms with Crippen LogP contribution in [0.2, 0.25) is 0 Å². The Morgan fingerprint density at radius 1 is 1.42 bits per heavy atom. The Labute approximate surface area is 138 Å². The monoisotopic (exact) mass is 329 g/mol. The number of hydrazone groups is 1. The summed E-state index contributed by atoms with van der Waals surface area (Å²) in [6.45, 7) is 0.750. The first-order valence-corrected chi connectivity index (χ1v) is 7.80. The van der Waals surface area contributed by atoms with Crippen LogP contribution < -0.4 is 11.2 Å². The molecule has 0 amide bonds. The van der Waals surface area contributed by atoms with Gasteiger partial charge in [-0.1, -0.05) is 6.07 Å². The number of H-pyrrole nitrogens is 1. The lowest BCUT2D eigenvalue weighted by Crippen LogP contribution is -2.32. The van der Waals surface area contributed by atoms with E-state index in [1.54, 1.807) is 6.20 Å². The second-order valence-corrected chi connectivity index (χ2v) is 5.76. The van der Waals surface area contributed by atoms with Gasteiger partial charge in [-0.05, 0) is 30.9 Å². The molecule has 0 spiro atoms. The molecule has 2 aromatic rings. The van der Waals surface area contributed by atoms with Crippen molar-refractivity contribution in [1.82, 2.24) is 19.5 Å². The van der Waals surface area contributed by atoms with Gasteiger partial charge in [-0.3, -0.25) is 24.3 Å². The number of nitrogens with one attached hydrogen (secondary N) is 1. The number of hydrogen-bond donors (Lipinski definition) is 2. The third-order valence-corrected chi connectivity index (χ3v) is 4.21. The highest BCUT2D eigenvalue weighted by Gasteiger charge is 2.23. The maximum absolute atomic E-state index is 11.9. The van der Waals surface area contributed by atoms with Gasteiger partial charge < -0.3 is 5.11 Å². The average Bonchev–Trinajstić information content (AvgIpc) is 2.61. The normalized spacial score (nSPS) is 18.2. The summed E-state index contributed by atoms with van der Waals surface area (Å²) >= 11 is 0. The van der Waals surface area contributed by atoms with E-state index in [0.29, 0.717) is 0 Å². The number of piperidine rings is 1. The second-order valence-electron chi connectivity index (χ2n) is 5.76. The molecular weight excluding hydrogens is 310 g/mol. The third-order valence-electron chi connectivity index (χ3n) is 4.21. The van der Waals surface area contributed by atoms with Crippen molar-refractivity contribution in [2.75, 3.05) is 6.54 Å². The van der Waals surface area contributed by atoms with Gasteiger partial charge in [0.1, 0.15) is 5.56 Å². The average molecular weight is 329 g/mol. The first kappa shape index (κ1) is 16.0. The minimum absolute atomic E-state index is 0.0346. The van der Waals surface area contributed by atoms with Crippen LogP contribution in [0.1, 0.15) is 36.4 Å². The predicted octanol–water partition coefficient (Wildman–Crippen LogP) is 0.735. The van der Waals surface area contributed by atoms with Crippen LogP contribution >= 0.6 is 0 Å². The quantitative estimate of drug-likeness (QED) is 0.808. The fourth-order valence-corrected chi connectivity index (χ4v) is 2.84. The van der Waals surface area contributed by atoms with Crippen molar-refractivity contribution in [3.63, 3.8) is 0 Å². The lowest BCUT2D eigenvalue weighted by atomic mass is 9.98. The van der Waals surface area contributed by atoms with E-state index in [-0.39, 0.29) is 11.6 Å². The zero-order chi connectivity index (χ0) is 17.1. The molecule has 1 aliphatic rings. The van der Waals surface area contributed by atoms with Crippen molar-refractivity contribution in [2.45, 2.75) is 25.3 Å². The fourth-order valence-electron chi connectivity index (χ4n) is 2.84. The smallest absolute Gasteiger partial charge is 0.330 e. The standard InChI is InChI=1S/C16H19N5O3/c1-20-15(23)12(14(22)19-16(20)24)10-18-21-8-3-2-6-13(21)11-5-4-7-17-9-11/h4-5,7,9-10,13,23H,2-3,6,8H2,1H3,(H,19,22,24). The first-order chi connectivity index (χ1) is 11.6. The maximum Gasteiger partial charge on any atom is 0.330 e. The molecule has 8 nitrogen and oxygen atoms in total. The second kappa shape index (κ2) is 6.69. The molecule has 0 bridgehead atoms. The molecule has 1 atom stereocenters. The summed E-state index contributed by atoms with van der Waals surface area (Å²) in [6, 6.07) is 3.97. The summed E-state index contributed by atoms with van der Waals surface area (Å²) in [5, 5.41) is 16.3. The van der Waals surface area contributed by atoms with E-state index < -0.39 is 17.1 Å². The highest BCUT2D eigenvalue weighted by Crippen LogP contribution is 2.30. The van der Waals surface area contributed by atoms with Crippen molar-refractivity contribution in [3.8, 4) is 5.88 Å². The van der Waals surface area contributed by atoms with Crippen LogP contribution in [0.25, 0.3) is 0 Å². The van der Waals surface area contributed by atoms with Gasteiger partial charge in [-0.25, -0.2) is 4.79 Å². The van der Waals surface area contributed by atoms with Crippen LogP contribution in [-0.4, -0.2) is 37.4 Å². The summed E-state index contributed by atoms with van der Waals surface area (Å²) in [5.74, 6) is -0.401.